The van der Waals surface area contributed by atoms with E-state index in [2.05, 4.69) is 23.0 Å². The molecular formula is C15H13ClN2OS. The topological polar surface area (TPSA) is 35.0 Å². The average Bonchev–Trinajstić information content (AvgIpc) is 2.94. The Morgan fingerprint density at radius 3 is 2.90 bits per heavy atom. The van der Waals surface area contributed by atoms with Crippen LogP contribution in [0.15, 0.2) is 35.7 Å². The quantitative estimate of drug-likeness (QED) is 0.666. The fourth-order valence-corrected chi connectivity index (χ4v) is 3.09. The standard InChI is InChI=1S/C15H13ClN2OS/c1-2-10-5-3-4-6-12(10)19-9-13-17-14(16)11-7-8-20-15(11)18-13/h3-8H,2,9H2,1H3. The van der Waals surface area contributed by atoms with Gasteiger partial charge in [-0.2, -0.15) is 0 Å². The average molecular weight is 305 g/mol. The summed E-state index contributed by atoms with van der Waals surface area (Å²) in [6, 6.07) is 9.93. The normalized spacial score (nSPS) is 10.9. The highest BCUT2D eigenvalue weighted by Gasteiger charge is 2.08. The predicted molar refractivity (Wildman–Crippen MR) is 82.6 cm³/mol. The lowest BCUT2D eigenvalue weighted by atomic mass is 10.1. The Labute approximate surface area is 126 Å². The third-order valence-electron chi connectivity index (χ3n) is 3.04. The molecule has 102 valence electrons. The fraction of sp³-hybridized carbons (Fsp3) is 0.200. The summed E-state index contributed by atoms with van der Waals surface area (Å²) < 4.78 is 5.82. The first-order chi connectivity index (χ1) is 9.78. The first kappa shape index (κ1) is 13.3. The van der Waals surface area contributed by atoms with Gasteiger partial charge in [0.15, 0.2) is 5.82 Å². The Bertz CT molecular complexity index is 742. The van der Waals surface area contributed by atoms with Gasteiger partial charge >= 0.3 is 0 Å². The monoisotopic (exact) mass is 304 g/mol. The van der Waals surface area contributed by atoms with Crippen LogP contribution in [-0.4, -0.2) is 9.97 Å². The summed E-state index contributed by atoms with van der Waals surface area (Å²) in [5, 5.41) is 3.34. The summed E-state index contributed by atoms with van der Waals surface area (Å²) in [4.78, 5) is 9.64. The number of ether oxygens (including phenoxy) is 1. The molecule has 0 fully saturated rings. The molecule has 0 saturated heterocycles. The molecule has 0 atom stereocenters. The van der Waals surface area contributed by atoms with Crippen LogP contribution >= 0.6 is 22.9 Å². The smallest absolute Gasteiger partial charge is 0.169 e. The maximum absolute atomic E-state index is 6.14. The van der Waals surface area contributed by atoms with E-state index >= 15 is 0 Å². The SMILES string of the molecule is CCc1ccccc1OCc1nc(Cl)c2ccsc2n1. The van der Waals surface area contributed by atoms with Crippen LogP contribution in [0.25, 0.3) is 10.2 Å². The molecule has 1 aromatic carbocycles. The zero-order chi connectivity index (χ0) is 13.9. The van der Waals surface area contributed by atoms with Crippen molar-refractivity contribution in [3.63, 3.8) is 0 Å². The molecule has 3 rings (SSSR count). The Hall–Kier alpha value is -1.65. The molecule has 0 aliphatic heterocycles. The van der Waals surface area contributed by atoms with Crippen LogP contribution in [0.5, 0.6) is 5.75 Å². The molecule has 0 radical (unpaired) electrons. The van der Waals surface area contributed by atoms with Crippen molar-refractivity contribution in [1.29, 1.82) is 0 Å². The first-order valence-electron chi connectivity index (χ1n) is 6.38. The van der Waals surface area contributed by atoms with Crippen molar-refractivity contribution >= 4 is 33.2 Å². The van der Waals surface area contributed by atoms with Crippen molar-refractivity contribution < 1.29 is 4.74 Å². The molecule has 0 N–H and O–H groups in total. The molecule has 0 aliphatic rings. The van der Waals surface area contributed by atoms with E-state index in [-0.39, 0.29) is 0 Å². The molecular weight excluding hydrogens is 292 g/mol. The minimum absolute atomic E-state index is 0.324. The molecule has 5 heteroatoms. The van der Waals surface area contributed by atoms with Crippen molar-refractivity contribution in [2.75, 3.05) is 0 Å². The van der Waals surface area contributed by atoms with E-state index in [0.717, 1.165) is 22.4 Å². The molecule has 2 heterocycles. The summed E-state index contributed by atoms with van der Waals surface area (Å²) in [6.07, 6.45) is 0.932. The lowest BCUT2D eigenvalue weighted by Gasteiger charge is -2.09. The van der Waals surface area contributed by atoms with Gasteiger partial charge < -0.3 is 4.74 Å². The number of aryl methyl sites for hydroxylation is 1. The molecule has 2 aromatic heterocycles. The van der Waals surface area contributed by atoms with Gasteiger partial charge in [-0.1, -0.05) is 36.7 Å². The van der Waals surface area contributed by atoms with Gasteiger partial charge in [-0.25, -0.2) is 9.97 Å². The van der Waals surface area contributed by atoms with Crippen molar-refractivity contribution in [3.05, 3.63) is 52.3 Å². The molecule has 0 unspecified atom stereocenters. The Kier molecular flexibility index (Phi) is 3.85. The van der Waals surface area contributed by atoms with Crippen molar-refractivity contribution in [1.82, 2.24) is 9.97 Å². The van der Waals surface area contributed by atoms with E-state index in [4.69, 9.17) is 16.3 Å². The van der Waals surface area contributed by atoms with E-state index in [9.17, 15) is 0 Å². The van der Waals surface area contributed by atoms with E-state index in [1.54, 1.807) is 11.3 Å². The zero-order valence-electron chi connectivity index (χ0n) is 11.0. The Morgan fingerprint density at radius 1 is 1.20 bits per heavy atom. The number of nitrogens with zero attached hydrogens (tertiary/aromatic N) is 2. The van der Waals surface area contributed by atoms with Crippen LogP contribution in [0.4, 0.5) is 0 Å². The number of rotatable bonds is 4. The van der Waals surface area contributed by atoms with Crippen LogP contribution in [0, 0.1) is 0 Å². The highest BCUT2D eigenvalue weighted by Crippen LogP contribution is 2.25. The number of halogens is 1. The Balaban J connectivity index is 1.83. The fourth-order valence-electron chi connectivity index (χ4n) is 2.00. The second-order valence-electron chi connectivity index (χ2n) is 4.32. The molecule has 0 bridgehead atoms. The van der Waals surface area contributed by atoms with E-state index < -0.39 is 0 Å². The number of para-hydroxylation sites is 1. The summed E-state index contributed by atoms with van der Waals surface area (Å²) in [6.45, 7) is 2.43. The second kappa shape index (κ2) is 5.77. The van der Waals surface area contributed by atoms with Crippen molar-refractivity contribution in [2.24, 2.45) is 0 Å². The van der Waals surface area contributed by atoms with E-state index in [1.807, 2.05) is 29.6 Å². The van der Waals surface area contributed by atoms with Gasteiger partial charge in [0.05, 0.1) is 0 Å². The van der Waals surface area contributed by atoms with Crippen LogP contribution in [-0.2, 0) is 13.0 Å². The summed E-state index contributed by atoms with van der Waals surface area (Å²) in [5.74, 6) is 1.48. The summed E-state index contributed by atoms with van der Waals surface area (Å²) >= 11 is 7.70. The van der Waals surface area contributed by atoms with Crippen LogP contribution in [0.1, 0.15) is 18.3 Å². The molecule has 3 nitrogen and oxygen atoms in total. The molecule has 0 spiro atoms. The summed E-state index contributed by atoms with van der Waals surface area (Å²) in [5.41, 5.74) is 1.18. The van der Waals surface area contributed by atoms with Crippen LogP contribution in [0.2, 0.25) is 5.15 Å². The molecule has 0 amide bonds. The maximum Gasteiger partial charge on any atom is 0.169 e. The first-order valence-corrected chi connectivity index (χ1v) is 7.64. The largest absolute Gasteiger partial charge is 0.485 e. The third-order valence-corrected chi connectivity index (χ3v) is 4.13. The summed E-state index contributed by atoms with van der Waals surface area (Å²) in [7, 11) is 0. The third kappa shape index (κ3) is 2.62. The number of hydrogen-bond donors (Lipinski definition) is 0. The van der Waals surface area contributed by atoms with Crippen molar-refractivity contribution in [3.8, 4) is 5.75 Å². The molecule has 0 aliphatic carbocycles. The molecule has 20 heavy (non-hydrogen) atoms. The van der Waals surface area contributed by atoms with Gasteiger partial charge in [0.25, 0.3) is 0 Å². The van der Waals surface area contributed by atoms with Crippen LogP contribution in [0.3, 0.4) is 0 Å². The Morgan fingerprint density at radius 2 is 2.05 bits per heavy atom. The predicted octanol–water partition coefficient (Wildman–Crippen LogP) is 4.49. The van der Waals surface area contributed by atoms with Gasteiger partial charge in [-0.05, 0) is 29.5 Å². The number of hydrogen-bond acceptors (Lipinski definition) is 4. The highest BCUT2D eigenvalue weighted by molar-refractivity contribution is 7.16. The number of fused-ring (bicyclic) bond motifs is 1. The minimum atomic E-state index is 0.324. The lowest BCUT2D eigenvalue weighted by Crippen LogP contribution is -2.03. The van der Waals surface area contributed by atoms with Gasteiger partial charge in [0.1, 0.15) is 22.3 Å². The zero-order valence-corrected chi connectivity index (χ0v) is 12.5. The second-order valence-corrected chi connectivity index (χ2v) is 5.57. The number of benzene rings is 1. The highest BCUT2D eigenvalue weighted by atomic mass is 35.5. The van der Waals surface area contributed by atoms with Gasteiger partial charge in [0, 0.05) is 5.39 Å². The minimum Gasteiger partial charge on any atom is -0.485 e. The maximum atomic E-state index is 6.14. The van der Waals surface area contributed by atoms with Crippen molar-refractivity contribution in [2.45, 2.75) is 20.0 Å². The van der Waals surface area contributed by atoms with Gasteiger partial charge in [-0.15, -0.1) is 11.3 Å². The molecule has 0 saturated carbocycles. The molecule has 3 aromatic rings. The van der Waals surface area contributed by atoms with E-state index in [1.165, 1.54) is 5.56 Å². The van der Waals surface area contributed by atoms with Gasteiger partial charge in [0.2, 0.25) is 0 Å². The number of aromatic nitrogens is 2. The lowest BCUT2D eigenvalue weighted by molar-refractivity contribution is 0.293. The van der Waals surface area contributed by atoms with Crippen LogP contribution < -0.4 is 4.74 Å². The van der Waals surface area contributed by atoms with E-state index in [0.29, 0.717) is 17.6 Å². The number of thiophene rings is 1. The van der Waals surface area contributed by atoms with Gasteiger partial charge in [-0.3, -0.25) is 0 Å².